The van der Waals surface area contributed by atoms with Gasteiger partial charge in [-0.25, -0.2) is 4.79 Å². The van der Waals surface area contributed by atoms with E-state index < -0.39 is 23.7 Å². The molecule has 0 spiro atoms. The highest BCUT2D eigenvalue weighted by Crippen LogP contribution is 2.29. The number of hydrogen-bond acceptors (Lipinski definition) is 5. The first-order valence-corrected chi connectivity index (χ1v) is 11.3. The van der Waals surface area contributed by atoms with E-state index in [1.807, 2.05) is 68.4 Å². The number of nitrogens with one attached hydrogen (secondary N) is 1. The number of aryl methyl sites for hydroxylation is 2. The Morgan fingerprint density at radius 3 is 2.29 bits per heavy atom. The lowest BCUT2D eigenvalue weighted by Crippen LogP contribution is -2.36. The predicted octanol–water partition coefficient (Wildman–Crippen LogP) is 6.06. The molecule has 1 amide bonds. The van der Waals surface area contributed by atoms with Crippen LogP contribution in [0.15, 0.2) is 67.0 Å². The molecule has 0 bridgehead atoms. The molecule has 1 heterocycles. The molecule has 6 heteroatoms. The zero-order valence-corrected chi connectivity index (χ0v) is 20.4. The fourth-order valence-electron chi connectivity index (χ4n) is 3.72. The van der Waals surface area contributed by atoms with Crippen LogP contribution >= 0.6 is 0 Å². The minimum absolute atomic E-state index is 0.0516. The first-order valence-electron chi connectivity index (χ1n) is 11.3. The van der Waals surface area contributed by atoms with Gasteiger partial charge in [-0.15, -0.1) is 0 Å². The second-order valence-corrected chi connectivity index (χ2v) is 9.32. The van der Waals surface area contributed by atoms with Crippen molar-refractivity contribution >= 4 is 12.1 Å². The average molecular weight is 461 g/mol. The number of hydrogen-bond donors (Lipinski definition) is 1. The maximum Gasteiger partial charge on any atom is 0.408 e. The molecule has 0 saturated heterocycles. The van der Waals surface area contributed by atoms with Crippen molar-refractivity contribution in [3.8, 4) is 11.1 Å². The Bertz CT molecular complexity index is 1120. The summed E-state index contributed by atoms with van der Waals surface area (Å²) < 4.78 is 10.9. The van der Waals surface area contributed by atoms with Gasteiger partial charge in [0.15, 0.2) is 0 Å². The number of ether oxygens (including phenoxy) is 2. The number of alkyl carbamates (subject to hydrolysis) is 1. The molecule has 3 aromatic rings. The minimum Gasteiger partial charge on any atom is -0.461 e. The standard InChI is InChI=1S/C28H32N2O4/c1-19-10-9-11-20(2)26(19)23-14-22(16-29-17-23)24(30-27(32)34-28(3,4)5)15-25(31)33-18-21-12-7-6-8-13-21/h6-14,16-17,24H,15,18H2,1-5H3,(H,30,32)/t24-/m0/s1. The lowest BCUT2D eigenvalue weighted by atomic mass is 9.94. The van der Waals surface area contributed by atoms with Crippen LogP contribution in [0.3, 0.4) is 0 Å². The Kier molecular flexibility index (Phi) is 8.05. The van der Waals surface area contributed by atoms with Crippen molar-refractivity contribution in [2.24, 2.45) is 0 Å². The van der Waals surface area contributed by atoms with Crippen molar-refractivity contribution in [3.63, 3.8) is 0 Å². The topological polar surface area (TPSA) is 77.5 Å². The smallest absolute Gasteiger partial charge is 0.408 e. The molecule has 1 atom stereocenters. The molecule has 0 unspecified atom stereocenters. The molecule has 1 N–H and O–H groups in total. The number of rotatable bonds is 7. The summed E-state index contributed by atoms with van der Waals surface area (Å²) in [6.07, 6.45) is 2.79. The maximum absolute atomic E-state index is 12.7. The van der Waals surface area contributed by atoms with Gasteiger partial charge >= 0.3 is 12.1 Å². The first-order chi connectivity index (χ1) is 16.1. The van der Waals surface area contributed by atoms with Gasteiger partial charge in [-0.2, -0.15) is 0 Å². The molecule has 0 fully saturated rings. The minimum atomic E-state index is -0.666. The molecular formula is C28H32N2O4. The summed E-state index contributed by atoms with van der Waals surface area (Å²) in [6, 6.07) is 16.9. The molecule has 0 aliphatic heterocycles. The van der Waals surface area contributed by atoms with Gasteiger partial charge in [-0.3, -0.25) is 9.78 Å². The molecule has 178 valence electrons. The van der Waals surface area contributed by atoms with E-state index in [-0.39, 0.29) is 13.0 Å². The van der Waals surface area contributed by atoms with Gasteiger partial charge in [0.05, 0.1) is 12.5 Å². The van der Waals surface area contributed by atoms with Crippen molar-refractivity contribution in [1.29, 1.82) is 0 Å². The summed E-state index contributed by atoms with van der Waals surface area (Å²) >= 11 is 0. The Hall–Kier alpha value is -3.67. The van der Waals surface area contributed by atoms with Crippen molar-refractivity contribution in [2.45, 2.75) is 59.3 Å². The number of esters is 1. The Balaban J connectivity index is 1.84. The molecule has 34 heavy (non-hydrogen) atoms. The van der Waals surface area contributed by atoms with Crippen molar-refractivity contribution in [1.82, 2.24) is 10.3 Å². The fraction of sp³-hybridized carbons (Fsp3) is 0.321. The largest absolute Gasteiger partial charge is 0.461 e. The number of amides is 1. The van der Waals surface area contributed by atoms with Gasteiger partial charge in [0.1, 0.15) is 12.2 Å². The van der Waals surface area contributed by atoms with Crippen LogP contribution in [0.2, 0.25) is 0 Å². The second-order valence-electron chi connectivity index (χ2n) is 9.32. The number of benzene rings is 2. The lowest BCUT2D eigenvalue weighted by molar-refractivity contribution is -0.145. The number of carbonyl (C=O) groups excluding carboxylic acids is 2. The van der Waals surface area contributed by atoms with Crippen molar-refractivity contribution < 1.29 is 19.1 Å². The monoisotopic (exact) mass is 460 g/mol. The van der Waals surface area contributed by atoms with Crippen LogP contribution < -0.4 is 5.32 Å². The highest BCUT2D eigenvalue weighted by molar-refractivity contribution is 5.75. The second kappa shape index (κ2) is 11.0. The van der Waals surface area contributed by atoms with Crippen LogP contribution in [0.4, 0.5) is 4.79 Å². The quantitative estimate of drug-likeness (QED) is 0.433. The highest BCUT2D eigenvalue weighted by Gasteiger charge is 2.24. The highest BCUT2D eigenvalue weighted by atomic mass is 16.6. The third kappa shape index (κ3) is 7.17. The van der Waals surface area contributed by atoms with Crippen LogP contribution in [-0.4, -0.2) is 22.6 Å². The summed E-state index contributed by atoms with van der Waals surface area (Å²) in [6.45, 7) is 9.63. The molecule has 0 aliphatic rings. The zero-order valence-electron chi connectivity index (χ0n) is 20.4. The number of carbonyl (C=O) groups is 2. The van der Waals surface area contributed by atoms with Gasteiger partial charge in [0.2, 0.25) is 0 Å². The summed E-state index contributed by atoms with van der Waals surface area (Å²) in [5, 5.41) is 2.82. The molecule has 0 aliphatic carbocycles. The maximum atomic E-state index is 12.7. The van der Waals surface area contributed by atoms with E-state index in [9.17, 15) is 9.59 Å². The summed E-state index contributed by atoms with van der Waals surface area (Å²) in [5.41, 5.74) is 5.17. The third-order valence-electron chi connectivity index (χ3n) is 5.24. The molecule has 1 aromatic heterocycles. The van der Waals surface area contributed by atoms with E-state index in [1.54, 1.807) is 33.2 Å². The van der Waals surface area contributed by atoms with E-state index in [0.29, 0.717) is 5.56 Å². The number of pyridine rings is 1. The van der Waals surface area contributed by atoms with E-state index in [2.05, 4.69) is 10.3 Å². The average Bonchev–Trinajstić information content (AvgIpc) is 2.77. The number of nitrogens with zero attached hydrogens (tertiary/aromatic N) is 1. The fourth-order valence-corrected chi connectivity index (χ4v) is 3.72. The van der Waals surface area contributed by atoms with Crippen LogP contribution in [0.1, 0.15) is 55.5 Å². The van der Waals surface area contributed by atoms with Crippen LogP contribution in [-0.2, 0) is 20.9 Å². The van der Waals surface area contributed by atoms with E-state index in [4.69, 9.17) is 9.47 Å². The van der Waals surface area contributed by atoms with Crippen molar-refractivity contribution in [2.75, 3.05) is 0 Å². The van der Waals surface area contributed by atoms with Crippen LogP contribution in [0.25, 0.3) is 11.1 Å². The Morgan fingerprint density at radius 1 is 0.971 bits per heavy atom. The SMILES string of the molecule is Cc1cccc(C)c1-c1cncc([C@H](CC(=O)OCc2ccccc2)NC(=O)OC(C)(C)C)c1. The Morgan fingerprint density at radius 2 is 1.65 bits per heavy atom. The molecule has 2 aromatic carbocycles. The molecule has 6 nitrogen and oxygen atoms in total. The van der Waals surface area contributed by atoms with Gasteiger partial charge in [0.25, 0.3) is 0 Å². The molecule has 0 saturated carbocycles. The normalized spacial score (nSPS) is 12.0. The van der Waals surface area contributed by atoms with E-state index >= 15 is 0 Å². The van der Waals surface area contributed by atoms with Crippen LogP contribution in [0.5, 0.6) is 0 Å². The van der Waals surface area contributed by atoms with E-state index in [1.165, 1.54) is 0 Å². The van der Waals surface area contributed by atoms with Crippen LogP contribution in [0, 0.1) is 13.8 Å². The van der Waals surface area contributed by atoms with E-state index in [0.717, 1.165) is 27.8 Å². The molecular weight excluding hydrogens is 428 g/mol. The first kappa shape index (κ1) is 25.0. The lowest BCUT2D eigenvalue weighted by Gasteiger charge is -2.24. The summed E-state index contributed by atoms with van der Waals surface area (Å²) in [7, 11) is 0. The molecule has 3 rings (SSSR count). The van der Waals surface area contributed by atoms with Crippen molar-refractivity contribution in [3.05, 3.63) is 89.2 Å². The zero-order chi connectivity index (χ0) is 24.7. The predicted molar refractivity (Wildman–Crippen MR) is 132 cm³/mol. The van der Waals surface area contributed by atoms with Gasteiger partial charge in [-0.1, -0.05) is 48.5 Å². The van der Waals surface area contributed by atoms with Gasteiger partial charge in [0, 0.05) is 18.0 Å². The summed E-state index contributed by atoms with van der Waals surface area (Å²) in [4.78, 5) is 29.7. The third-order valence-corrected chi connectivity index (χ3v) is 5.24. The van der Waals surface area contributed by atoms with Gasteiger partial charge < -0.3 is 14.8 Å². The summed E-state index contributed by atoms with van der Waals surface area (Å²) in [5.74, 6) is -0.428. The molecule has 0 radical (unpaired) electrons. The number of aromatic nitrogens is 1. The Labute approximate surface area is 201 Å². The van der Waals surface area contributed by atoms with Gasteiger partial charge in [-0.05, 0) is 68.5 Å².